The van der Waals surface area contributed by atoms with Gasteiger partial charge in [0.1, 0.15) is 5.69 Å². The summed E-state index contributed by atoms with van der Waals surface area (Å²) < 4.78 is 0. The van der Waals surface area contributed by atoms with E-state index in [1.165, 1.54) is 25.9 Å². The van der Waals surface area contributed by atoms with E-state index in [1.807, 2.05) is 13.0 Å². The van der Waals surface area contributed by atoms with E-state index in [0.717, 1.165) is 31.1 Å². The fourth-order valence-electron chi connectivity index (χ4n) is 2.67. The largest absolute Gasteiger partial charge is 0.384 e. The molecule has 0 radical (unpaired) electrons. The van der Waals surface area contributed by atoms with Gasteiger partial charge in [-0.1, -0.05) is 0 Å². The first kappa shape index (κ1) is 15.8. The van der Waals surface area contributed by atoms with Gasteiger partial charge in [-0.05, 0) is 64.4 Å². The van der Waals surface area contributed by atoms with Crippen LogP contribution in [0.15, 0.2) is 18.3 Å². The first-order chi connectivity index (χ1) is 10.2. The summed E-state index contributed by atoms with van der Waals surface area (Å²) in [6.45, 7) is 5.97. The van der Waals surface area contributed by atoms with Crippen molar-refractivity contribution in [3.63, 3.8) is 0 Å². The number of pyridine rings is 1. The summed E-state index contributed by atoms with van der Waals surface area (Å²) >= 11 is 0. The Labute approximate surface area is 127 Å². The highest BCUT2D eigenvalue weighted by atomic mass is 16.1. The average Bonchev–Trinajstić information content (AvgIpc) is 2.50. The maximum Gasteiger partial charge on any atom is 0.269 e. The summed E-state index contributed by atoms with van der Waals surface area (Å²) in [4.78, 5) is 18.6. The molecule has 1 aromatic heterocycles. The number of piperidine rings is 1. The summed E-state index contributed by atoms with van der Waals surface area (Å²) in [5.41, 5.74) is 1.43. The van der Waals surface area contributed by atoms with Gasteiger partial charge >= 0.3 is 0 Å². The molecule has 21 heavy (non-hydrogen) atoms. The van der Waals surface area contributed by atoms with Crippen LogP contribution in [0.25, 0.3) is 0 Å². The minimum atomic E-state index is -0.0778. The molecular weight excluding hydrogens is 264 g/mol. The Kier molecular flexibility index (Phi) is 5.99. The summed E-state index contributed by atoms with van der Waals surface area (Å²) in [7, 11) is 2.17. The van der Waals surface area contributed by atoms with Crippen LogP contribution in [0.2, 0.25) is 0 Å². The molecule has 1 saturated heterocycles. The third-order valence-corrected chi connectivity index (χ3v) is 4.05. The fraction of sp³-hybridized carbons (Fsp3) is 0.625. The van der Waals surface area contributed by atoms with E-state index >= 15 is 0 Å². The average molecular weight is 290 g/mol. The van der Waals surface area contributed by atoms with Crippen LogP contribution in [-0.4, -0.2) is 49.0 Å². The molecular formula is C16H26N4O. The van der Waals surface area contributed by atoms with Crippen LogP contribution in [0.1, 0.15) is 36.7 Å². The standard InChI is InChI=1S/C16H26N4O/c1-3-17-14-4-5-15(19-12-14)16(21)18-9-6-13-7-10-20(2)11-8-13/h4-5,12-13,17H,3,6-11H2,1-2H3,(H,18,21). The number of aromatic nitrogens is 1. The Bertz CT molecular complexity index is 438. The second-order valence-corrected chi connectivity index (χ2v) is 5.75. The zero-order valence-electron chi connectivity index (χ0n) is 13.1. The number of amides is 1. The lowest BCUT2D eigenvalue weighted by molar-refractivity contribution is 0.0944. The van der Waals surface area contributed by atoms with Crippen molar-refractivity contribution in [2.75, 3.05) is 38.5 Å². The molecule has 1 amide bonds. The Morgan fingerprint density at radius 3 is 2.76 bits per heavy atom. The third-order valence-electron chi connectivity index (χ3n) is 4.05. The van der Waals surface area contributed by atoms with Crippen molar-refractivity contribution in [2.24, 2.45) is 5.92 Å². The van der Waals surface area contributed by atoms with Crippen LogP contribution in [0.3, 0.4) is 0 Å². The van der Waals surface area contributed by atoms with Crippen molar-refractivity contribution in [2.45, 2.75) is 26.2 Å². The number of nitrogens with zero attached hydrogens (tertiary/aromatic N) is 2. The number of anilines is 1. The van der Waals surface area contributed by atoms with E-state index in [0.29, 0.717) is 5.69 Å². The highest BCUT2D eigenvalue weighted by Gasteiger charge is 2.16. The van der Waals surface area contributed by atoms with E-state index in [4.69, 9.17) is 0 Å². The molecule has 0 atom stereocenters. The van der Waals surface area contributed by atoms with Crippen LogP contribution >= 0.6 is 0 Å². The van der Waals surface area contributed by atoms with Gasteiger partial charge in [-0.3, -0.25) is 4.79 Å². The second-order valence-electron chi connectivity index (χ2n) is 5.75. The van der Waals surface area contributed by atoms with Crippen LogP contribution in [0, 0.1) is 5.92 Å². The van der Waals surface area contributed by atoms with Crippen molar-refractivity contribution in [3.8, 4) is 0 Å². The molecule has 0 spiro atoms. The van der Waals surface area contributed by atoms with Crippen molar-refractivity contribution < 1.29 is 4.79 Å². The van der Waals surface area contributed by atoms with Gasteiger partial charge in [0.15, 0.2) is 0 Å². The molecule has 1 aliphatic heterocycles. The number of likely N-dealkylation sites (tertiary alicyclic amines) is 1. The van der Waals surface area contributed by atoms with Gasteiger partial charge in [-0.15, -0.1) is 0 Å². The minimum Gasteiger partial charge on any atom is -0.384 e. The van der Waals surface area contributed by atoms with Crippen molar-refractivity contribution in [3.05, 3.63) is 24.0 Å². The van der Waals surface area contributed by atoms with Crippen molar-refractivity contribution >= 4 is 11.6 Å². The van der Waals surface area contributed by atoms with Crippen LogP contribution < -0.4 is 10.6 Å². The van der Waals surface area contributed by atoms with Gasteiger partial charge in [0.05, 0.1) is 11.9 Å². The normalized spacial score (nSPS) is 16.7. The Balaban J connectivity index is 1.71. The Hall–Kier alpha value is -1.62. The minimum absolute atomic E-state index is 0.0778. The highest BCUT2D eigenvalue weighted by Crippen LogP contribution is 2.18. The molecule has 1 aliphatic rings. The number of nitrogens with one attached hydrogen (secondary N) is 2. The predicted molar refractivity (Wildman–Crippen MR) is 85.6 cm³/mol. The highest BCUT2D eigenvalue weighted by molar-refractivity contribution is 5.92. The van der Waals surface area contributed by atoms with Crippen LogP contribution in [0.4, 0.5) is 5.69 Å². The predicted octanol–water partition coefficient (Wildman–Crippen LogP) is 1.98. The van der Waals surface area contributed by atoms with Gasteiger partial charge < -0.3 is 15.5 Å². The fourth-order valence-corrected chi connectivity index (χ4v) is 2.67. The zero-order valence-corrected chi connectivity index (χ0v) is 13.1. The van der Waals surface area contributed by atoms with Gasteiger partial charge in [0.25, 0.3) is 5.91 Å². The lowest BCUT2D eigenvalue weighted by Gasteiger charge is -2.28. The lowest BCUT2D eigenvalue weighted by Crippen LogP contribution is -2.32. The zero-order chi connectivity index (χ0) is 15.1. The molecule has 5 nitrogen and oxygen atoms in total. The first-order valence-corrected chi connectivity index (χ1v) is 7.85. The molecule has 0 unspecified atom stereocenters. The van der Waals surface area contributed by atoms with Gasteiger partial charge in [0.2, 0.25) is 0 Å². The maximum atomic E-state index is 12.0. The number of hydrogen-bond acceptors (Lipinski definition) is 4. The second kappa shape index (κ2) is 7.98. The van der Waals surface area contributed by atoms with Crippen molar-refractivity contribution in [1.82, 2.24) is 15.2 Å². The molecule has 0 aliphatic carbocycles. The maximum absolute atomic E-state index is 12.0. The van der Waals surface area contributed by atoms with E-state index in [-0.39, 0.29) is 5.91 Å². The molecule has 5 heteroatoms. The van der Waals surface area contributed by atoms with Crippen molar-refractivity contribution in [1.29, 1.82) is 0 Å². The number of rotatable bonds is 6. The summed E-state index contributed by atoms with van der Waals surface area (Å²) in [5, 5.41) is 6.14. The van der Waals surface area contributed by atoms with E-state index in [1.54, 1.807) is 12.3 Å². The smallest absolute Gasteiger partial charge is 0.269 e. The van der Waals surface area contributed by atoms with Gasteiger partial charge in [0, 0.05) is 13.1 Å². The Morgan fingerprint density at radius 2 is 2.14 bits per heavy atom. The summed E-state index contributed by atoms with van der Waals surface area (Å²) in [5.74, 6) is 0.663. The molecule has 2 rings (SSSR count). The van der Waals surface area contributed by atoms with E-state index in [2.05, 4.69) is 27.6 Å². The summed E-state index contributed by atoms with van der Waals surface area (Å²) in [6, 6.07) is 3.66. The first-order valence-electron chi connectivity index (χ1n) is 7.85. The topological polar surface area (TPSA) is 57.3 Å². The summed E-state index contributed by atoms with van der Waals surface area (Å²) in [6.07, 6.45) is 5.24. The van der Waals surface area contributed by atoms with Crippen LogP contribution in [-0.2, 0) is 0 Å². The molecule has 2 N–H and O–H groups in total. The monoisotopic (exact) mass is 290 g/mol. The van der Waals surface area contributed by atoms with E-state index < -0.39 is 0 Å². The van der Waals surface area contributed by atoms with Crippen LogP contribution in [0.5, 0.6) is 0 Å². The molecule has 116 valence electrons. The lowest BCUT2D eigenvalue weighted by atomic mass is 9.94. The Morgan fingerprint density at radius 1 is 1.38 bits per heavy atom. The molecule has 1 fully saturated rings. The number of carbonyl (C=O) groups excluding carboxylic acids is 1. The molecule has 0 bridgehead atoms. The quantitative estimate of drug-likeness (QED) is 0.841. The SMILES string of the molecule is CCNc1ccc(C(=O)NCCC2CCN(C)CC2)nc1. The van der Waals surface area contributed by atoms with E-state index in [9.17, 15) is 4.79 Å². The molecule has 0 saturated carbocycles. The number of hydrogen-bond donors (Lipinski definition) is 2. The third kappa shape index (κ3) is 5.01. The molecule has 1 aromatic rings. The van der Waals surface area contributed by atoms with Gasteiger partial charge in [-0.25, -0.2) is 4.98 Å². The number of carbonyl (C=O) groups is 1. The molecule has 2 heterocycles. The molecule has 0 aromatic carbocycles. The van der Waals surface area contributed by atoms with Gasteiger partial charge in [-0.2, -0.15) is 0 Å².